The average Bonchev–Trinajstić information content (AvgIpc) is 2.10. The van der Waals surface area contributed by atoms with Crippen LogP contribution in [0.25, 0.3) is 0 Å². The Kier molecular flexibility index (Phi) is 10.9. The van der Waals surface area contributed by atoms with Crippen molar-refractivity contribution in [2.24, 2.45) is 5.73 Å². The van der Waals surface area contributed by atoms with Crippen LogP contribution in [0.4, 0.5) is 0 Å². The van der Waals surface area contributed by atoms with Crippen LogP contribution in [0, 0.1) is 0 Å². The molecule has 0 aromatic heterocycles. The standard InChI is InChI=1S/C11H23NO3.CH4O3S/c1-11(2,3)15-10(14)8-6-4-5-7-9(12)13;1-5(2,3)4/h9,13H,4-8,12H2,1-3H3;1H3,(H,2,3,4). The number of carbonyl (C=O) groups is 1. The maximum absolute atomic E-state index is 11.3. The number of aliphatic hydroxyl groups is 1. The number of aliphatic hydroxyl groups excluding tert-OH is 1. The first-order valence-corrected chi connectivity index (χ1v) is 8.24. The molecule has 0 heterocycles. The molecule has 0 aliphatic rings. The van der Waals surface area contributed by atoms with E-state index in [2.05, 4.69) is 0 Å². The summed E-state index contributed by atoms with van der Waals surface area (Å²) in [5, 5.41) is 8.80. The molecule has 8 heteroatoms. The van der Waals surface area contributed by atoms with E-state index in [-0.39, 0.29) is 5.97 Å². The molecular weight excluding hydrogens is 286 g/mol. The van der Waals surface area contributed by atoms with E-state index < -0.39 is 21.9 Å². The summed E-state index contributed by atoms with van der Waals surface area (Å²) in [5.74, 6) is -0.157. The normalized spacial score (nSPS) is 13.2. The van der Waals surface area contributed by atoms with Crippen molar-refractivity contribution in [3.8, 4) is 0 Å². The quantitative estimate of drug-likeness (QED) is 0.289. The van der Waals surface area contributed by atoms with Crippen LogP contribution in [-0.2, 0) is 19.6 Å². The van der Waals surface area contributed by atoms with Crippen molar-refractivity contribution in [2.45, 2.75) is 64.7 Å². The Balaban J connectivity index is 0. The second-order valence-electron chi connectivity index (χ2n) is 5.49. The maximum Gasteiger partial charge on any atom is 0.306 e. The second kappa shape index (κ2) is 10.1. The van der Waals surface area contributed by atoms with Gasteiger partial charge in [0.15, 0.2) is 0 Å². The Morgan fingerprint density at radius 3 is 2.05 bits per heavy atom. The van der Waals surface area contributed by atoms with Crippen molar-refractivity contribution in [1.29, 1.82) is 0 Å². The van der Waals surface area contributed by atoms with Crippen molar-refractivity contribution in [1.82, 2.24) is 0 Å². The molecule has 0 rings (SSSR count). The van der Waals surface area contributed by atoms with Gasteiger partial charge in [-0.1, -0.05) is 6.42 Å². The van der Waals surface area contributed by atoms with Gasteiger partial charge in [0.1, 0.15) is 11.8 Å². The minimum absolute atomic E-state index is 0.157. The summed E-state index contributed by atoms with van der Waals surface area (Å²) in [4.78, 5) is 11.3. The van der Waals surface area contributed by atoms with Gasteiger partial charge >= 0.3 is 5.97 Å². The van der Waals surface area contributed by atoms with E-state index in [4.69, 9.17) is 20.1 Å². The van der Waals surface area contributed by atoms with E-state index >= 15 is 0 Å². The molecular formula is C12H27NO6S. The maximum atomic E-state index is 11.3. The molecule has 0 aliphatic heterocycles. The van der Waals surface area contributed by atoms with Gasteiger partial charge in [-0.25, -0.2) is 0 Å². The second-order valence-corrected chi connectivity index (χ2v) is 6.95. The summed E-state index contributed by atoms with van der Waals surface area (Å²) in [5.41, 5.74) is 4.78. The number of rotatable bonds is 6. The van der Waals surface area contributed by atoms with Crippen LogP contribution in [0.2, 0.25) is 0 Å². The van der Waals surface area contributed by atoms with Gasteiger partial charge in [0, 0.05) is 6.42 Å². The van der Waals surface area contributed by atoms with Crippen LogP contribution in [0.15, 0.2) is 0 Å². The zero-order valence-electron chi connectivity index (χ0n) is 12.6. The molecule has 0 fully saturated rings. The number of esters is 1. The Morgan fingerprint density at radius 1 is 1.25 bits per heavy atom. The van der Waals surface area contributed by atoms with E-state index in [1.165, 1.54) is 0 Å². The van der Waals surface area contributed by atoms with Crippen molar-refractivity contribution >= 4 is 16.1 Å². The molecule has 122 valence electrons. The molecule has 4 N–H and O–H groups in total. The van der Waals surface area contributed by atoms with Gasteiger partial charge in [-0.05, 0) is 40.0 Å². The zero-order chi connectivity index (χ0) is 16.4. The summed E-state index contributed by atoms with van der Waals surface area (Å²) in [6, 6.07) is 0. The number of ether oxygens (including phenoxy) is 1. The van der Waals surface area contributed by atoms with Crippen molar-refractivity contribution < 1.29 is 27.6 Å². The minimum atomic E-state index is -3.67. The van der Waals surface area contributed by atoms with Gasteiger partial charge in [-0.15, -0.1) is 0 Å². The first kappa shape index (κ1) is 21.6. The van der Waals surface area contributed by atoms with Crippen LogP contribution in [0.5, 0.6) is 0 Å². The number of hydrogen-bond donors (Lipinski definition) is 3. The van der Waals surface area contributed by atoms with Crippen molar-refractivity contribution in [2.75, 3.05) is 6.26 Å². The number of unbranched alkanes of at least 4 members (excludes halogenated alkanes) is 2. The van der Waals surface area contributed by atoms with Crippen molar-refractivity contribution in [3.63, 3.8) is 0 Å². The molecule has 7 nitrogen and oxygen atoms in total. The summed E-state index contributed by atoms with van der Waals surface area (Å²) in [6.07, 6.45) is 3.56. The lowest BCUT2D eigenvalue weighted by molar-refractivity contribution is -0.154. The molecule has 1 atom stereocenters. The molecule has 0 saturated carbocycles. The summed E-state index contributed by atoms with van der Waals surface area (Å²) >= 11 is 0. The van der Waals surface area contributed by atoms with Gasteiger partial charge in [0.2, 0.25) is 0 Å². The predicted molar refractivity (Wildman–Crippen MR) is 76.6 cm³/mol. The molecule has 0 spiro atoms. The Bertz CT molecular complexity index is 351. The van der Waals surface area contributed by atoms with E-state index in [9.17, 15) is 13.2 Å². The number of hydrogen-bond acceptors (Lipinski definition) is 6. The average molecular weight is 313 g/mol. The molecule has 20 heavy (non-hydrogen) atoms. The third-order valence-corrected chi connectivity index (χ3v) is 1.80. The summed E-state index contributed by atoms with van der Waals surface area (Å²) in [7, 11) is -3.67. The van der Waals surface area contributed by atoms with E-state index in [1.807, 2.05) is 20.8 Å². The lowest BCUT2D eigenvalue weighted by atomic mass is 10.1. The lowest BCUT2D eigenvalue weighted by Crippen LogP contribution is -2.23. The van der Waals surface area contributed by atoms with E-state index in [0.29, 0.717) is 19.1 Å². The van der Waals surface area contributed by atoms with Crippen LogP contribution in [-0.4, -0.2) is 42.1 Å². The monoisotopic (exact) mass is 313 g/mol. The molecule has 0 saturated heterocycles. The lowest BCUT2D eigenvalue weighted by Gasteiger charge is -2.19. The minimum Gasteiger partial charge on any atom is -0.460 e. The SMILES string of the molecule is CC(C)(C)OC(=O)CCCCCC(N)O.CS(=O)(=O)O. The van der Waals surface area contributed by atoms with Crippen LogP contribution in [0.1, 0.15) is 52.9 Å². The molecule has 0 aromatic rings. The number of nitrogens with two attached hydrogens (primary N) is 1. The zero-order valence-corrected chi connectivity index (χ0v) is 13.4. The first-order valence-electron chi connectivity index (χ1n) is 6.39. The highest BCUT2D eigenvalue weighted by molar-refractivity contribution is 7.85. The smallest absolute Gasteiger partial charge is 0.306 e. The highest BCUT2D eigenvalue weighted by Crippen LogP contribution is 2.11. The predicted octanol–water partition coefficient (Wildman–Crippen LogP) is 1.06. The third kappa shape index (κ3) is 30.4. The van der Waals surface area contributed by atoms with Crippen LogP contribution >= 0.6 is 0 Å². The van der Waals surface area contributed by atoms with Gasteiger partial charge in [0.05, 0.1) is 6.26 Å². The van der Waals surface area contributed by atoms with Gasteiger partial charge in [0.25, 0.3) is 10.1 Å². The number of carbonyl (C=O) groups excluding carboxylic acids is 1. The Labute approximate surface area is 121 Å². The molecule has 0 bridgehead atoms. The molecule has 0 radical (unpaired) electrons. The van der Waals surface area contributed by atoms with Gasteiger partial charge in [-0.3, -0.25) is 9.35 Å². The van der Waals surface area contributed by atoms with Gasteiger partial charge in [-0.2, -0.15) is 8.42 Å². The summed E-state index contributed by atoms with van der Waals surface area (Å²) < 4.78 is 31.0. The van der Waals surface area contributed by atoms with E-state index in [1.54, 1.807) is 0 Å². The Hall–Kier alpha value is -0.700. The topological polar surface area (TPSA) is 127 Å². The van der Waals surface area contributed by atoms with Crippen molar-refractivity contribution in [3.05, 3.63) is 0 Å². The molecule has 0 aliphatic carbocycles. The molecule has 1 unspecified atom stereocenters. The van der Waals surface area contributed by atoms with Gasteiger partial charge < -0.3 is 15.6 Å². The fourth-order valence-corrected chi connectivity index (χ4v) is 1.19. The molecule has 0 amide bonds. The first-order chi connectivity index (χ1) is 8.81. The largest absolute Gasteiger partial charge is 0.460 e. The summed E-state index contributed by atoms with van der Waals surface area (Å²) in [6.45, 7) is 5.57. The fourth-order valence-electron chi connectivity index (χ4n) is 1.19. The van der Waals surface area contributed by atoms with E-state index in [0.717, 1.165) is 19.3 Å². The van der Waals surface area contributed by atoms with Crippen LogP contribution in [0.3, 0.4) is 0 Å². The highest BCUT2D eigenvalue weighted by atomic mass is 32.2. The molecule has 0 aromatic carbocycles. The third-order valence-electron chi connectivity index (χ3n) is 1.80. The highest BCUT2D eigenvalue weighted by Gasteiger charge is 2.15. The fraction of sp³-hybridized carbons (Fsp3) is 0.917. The Morgan fingerprint density at radius 2 is 1.70 bits per heavy atom. The van der Waals surface area contributed by atoms with Crippen LogP contribution < -0.4 is 5.73 Å².